The van der Waals surface area contributed by atoms with Gasteiger partial charge in [0.25, 0.3) is 0 Å². The van der Waals surface area contributed by atoms with Gasteiger partial charge in [-0.05, 0) is 59.3 Å². The Bertz CT molecular complexity index is 408. The first-order valence-corrected chi connectivity index (χ1v) is 10.0. The minimum atomic E-state index is -0.569. The van der Waals surface area contributed by atoms with E-state index in [2.05, 4.69) is 48.9 Å². The minimum absolute atomic E-state index is 0.569. The molecule has 1 fully saturated rings. The third kappa shape index (κ3) is 3.08. The lowest BCUT2D eigenvalue weighted by molar-refractivity contribution is 0.886. The van der Waals surface area contributed by atoms with E-state index in [0.717, 1.165) is 5.56 Å². The maximum absolute atomic E-state index is 5.44. The summed E-state index contributed by atoms with van der Waals surface area (Å²) in [5.41, 5.74) is 1.01. The Labute approximate surface area is 117 Å². The monoisotopic (exact) mass is 278 g/mol. The third-order valence-electron chi connectivity index (χ3n) is 3.54. The van der Waals surface area contributed by atoms with E-state index < -0.39 is 10.0 Å². The molecule has 0 bridgehead atoms. The number of terminal acetylenes is 1. The van der Waals surface area contributed by atoms with Crippen LogP contribution in [0.5, 0.6) is 0 Å². The number of unbranched alkanes of at least 4 members (excludes halogenated alkanes) is 1. The van der Waals surface area contributed by atoms with Gasteiger partial charge in [-0.3, -0.25) is 0 Å². The van der Waals surface area contributed by atoms with Crippen LogP contribution >= 0.6 is 21.8 Å². The summed E-state index contributed by atoms with van der Waals surface area (Å²) < 4.78 is 0. The third-order valence-corrected chi connectivity index (χ3v) is 10.0. The summed E-state index contributed by atoms with van der Waals surface area (Å²) in [5.74, 6) is 6.90. The highest BCUT2D eigenvalue weighted by molar-refractivity contribution is 8.40. The molecule has 1 atom stereocenters. The van der Waals surface area contributed by atoms with Crippen molar-refractivity contribution >= 4 is 21.8 Å². The topological polar surface area (TPSA) is 0 Å². The van der Waals surface area contributed by atoms with Gasteiger partial charge >= 0.3 is 0 Å². The van der Waals surface area contributed by atoms with Crippen molar-refractivity contribution in [2.45, 2.75) is 31.1 Å². The molecule has 1 aromatic carbocycles. The van der Waals surface area contributed by atoms with Gasteiger partial charge in [0.05, 0.1) is 0 Å². The smallest absolute Gasteiger partial charge is 0.0273 e. The SMILES string of the molecule is C#Cc1ccc(S2(CCCC)CCCSC2)cc1. The van der Waals surface area contributed by atoms with Crippen molar-refractivity contribution in [3.63, 3.8) is 0 Å². The molecule has 98 valence electrons. The Balaban J connectivity index is 2.24. The quantitative estimate of drug-likeness (QED) is 0.718. The lowest BCUT2D eigenvalue weighted by atomic mass is 10.2. The second-order valence-corrected chi connectivity index (χ2v) is 9.99. The fourth-order valence-electron chi connectivity index (χ4n) is 2.44. The lowest BCUT2D eigenvalue weighted by Crippen LogP contribution is -2.17. The first-order valence-electron chi connectivity index (χ1n) is 6.71. The van der Waals surface area contributed by atoms with Crippen LogP contribution in [0, 0.1) is 12.3 Å². The van der Waals surface area contributed by atoms with Gasteiger partial charge in [-0.15, -0.1) is 6.42 Å². The summed E-state index contributed by atoms with van der Waals surface area (Å²) in [6, 6.07) is 8.84. The molecule has 1 unspecified atom stereocenters. The number of thioether (sulfide) groups is 1. The van der Waals surface area contributed by atoms with Crippen LogP contribution in [0.4, 0.5) is 0 Å². The van der Waals surface area contributed by atoms with Gasteiger partial charge in [0.2, 0.25) is 0 Å². The van der Waals surface area contributed by atoms with Gasteiger partial charge in [0, 0.05) is 10.6 Å². The first-order chi connectivity index (χ1) is 8.80. The molecular formula is C16H22S2. The van der Waals surface area contributed by atoms with E-state index in [4.69, 9.17) is 6.42 Å². The molecule has 0 radical (unpaired) electrons. The summed E-state index contributed by atoms with van der Waals surface area (Å²) in [6.45, 7) is 2.30. The zero-order valence-electron chi connectivity index (χ0n) is 11.2. The predicted molar refractivity (Wildman–Crippen MR) is 86.8 cm³/mol. The van der Waals surface area contributed by atoms with E-state index in [1.807, 2.05) is 0 Å². The van der Waals surface area contributed by atoms with Crippen LogP contribution in [0.25, 0.3) is 0 Å². The molecule has 1 saturated heterocycles. The average molecular weight is 278 g/mol. The largest absolute Gasteiger partial charge is 0.205 e. The highest BCUT2D eigenvalue weighted by Crippen LogP contribution is 2.60. The molecular weight excluding hydrogens is 256 g/mol. The van der Waals surface area contributed by atoms with Crippen molar-refractivity contribution in [1.82, 2.24) is 0 Å². The van der Waals surface area contributed by atoms with Crippen molar-refractivity contribution in [2.24, 2.45) is 0 Å². The van der Waals surface area contributed by atoms with Gasteiger partial charge < -0.3 is 0 Å². The van der Waals surface area contributed by atoms with E-state index in [-0.39, 0.29) is 0 Å². The predicted octanol–water partition coefficient (Wildman–Crippen LogP) is 4.73. The van der Waals surface area contributed by atoms with Gasteiger partial charge in [-0.1, -0.05) is 19.3 Å². The van der Waals surface area contributed by atoms with Gasteiger partial charge in [0.1, 0.15) is 0 Å². The minimum Gasteiger partial charge on any atom is -0.205 e. The summed E-state index contributed by atoms with van der Waals surface area (Å²) in [5, 5.41) is 1.36. The van der Waals surface area contributed by atoms with Gasteiger partial charge in [0.15, 0.2) is 0 Å². The average Bonchev–Trinajstić information content (AvgIpc) is 2.46. The Hall–Kier alpha value is -0.520. The highest BCUT2D eigenvalue weighted by atomic mass is 32.3. The zero-order chi connectivity index (χ0) is 12.8. The lowest BCUT2D eigenvalue weighted by Gasteiger charge is -2.43. The molecule has 2 rings (SSSR count). The van der Waals surface area contributed by atoms with Crippen molar-refractivity contribution in [3.05, 3.63) is 29.8 Å². The number of rotatable bonds is 4. The first kappa shape index (κ1) is 13.9. The molecule has 0 aromatic heterocycles. The van der Waals surface area contributed by atoms with E-state index in [1.54, 1.807) is 4.90 Å². The molecule has 0 spiro atoms. The second kappa shape index (κ2) is 6.59. The number of benzene rings is 1. The molecule has 1 aliphatic heterocycles. The Morgan fingerprint density at radius 1 is 1.33 bits per heavy atom. The molecule has 0 amide bonds. The van der Waals surface area contributed by atoms with Crippen molar-refractivity contribution in [3.8, 4) is 12.3 Å². The normalized spacial score (nSPS) is 27.1. The molecule has 0 N–H and O–H groups in total. The van der Waals surface area contributed by atoms with Gasteiger partial charge in [-0.25, -0.2) is 10.0 Å². The molecule has 1 heterocycles. The zero-order valence-corrected chi connectivity index (χ0v) is 12.8. The molecule has 0 saturated carbocycles. The van der Waals surface area contributed by atoms with E-state index >= 15 is 0 Å². The van der Waals surface area contributed by atoms with E-state index in [0.29, 0.717) is 0 Å². The standard InChI is InChI=1S/C16H22S2/c1-3-5-12-18(13-6-11-17-14-18)16-9-7-15(4-2)8-10-16/h2,7-10H,3,5-6,11-14H2,1H3. The molecule has 0 nitrogen and oxygen atoms in total. The van der Waals surface area contributed by atoms with Crippen molar-refractivity contribution in [2.75, 3.05) is 22.3 Å². The van der Waals surface area contributed by atoms with Crippen LogP contribution in [-0.4, -0.2) is 22.3 Å². The maximum Gasteiger partial charge on any atom is 0.0273 e. The molecule has 1 aliphatic rings. The van der Waals surface area contributed by atoms with Crippen LogP contribution in [0.15, 0.2) is 29.2 Å². The van der Waals surface area contributed by atoms with Crippen LogP contribution in [0.3, 0.4) is 0 Å². The molecule has 2 heteroatoms. The molecule has 1 aromatic rings. The maximum atomic E-state index is 5.44. The summed E-state index contributed by atoms with van der Waals surface area (Å²) >= 11 is 2.15. The number of hydrogen-bond donors (Lipinski definition) is 0. The van der Waals surface area contributed by atoms with Crippen LogP contribution in [-0.2, 0) is 0 Å². The summed E-state index contributed by atoms with van der Waals surface area (Å²) in [7, 11) is -0.569. The van der Waals surface area contributed by atoms with Crippen molar-refractivity contribution < 1.29 is 0 Å². The van der Waals surface area contributed by atoms with Gasteiger partial charge in [-0.2, -0.15) is 11.8 Å². The Kier molecular flexibility index (Phi) is 5.09. The second-order valence-electron chi connectivity index (χ2n) is 4.86. The highest BCUT2D eigenvalue weighted by Gasteiger charge is 2.28. The summed E-state index contributed by atoms with van der Waals surface area (Å²) in [4.78, 5) is 1.59. The van der Waals surface area contributed by atoms with Crippen LogP contribution in [0.2, 0.25) is 0 Å². The van der Waals surface area contributed by atoms with Crippen LogP contribution in [0.1, 0.15) is 31.7 Å². The Morgan fingerprint density at radius 2 is 2.11 bits per heavy atom. The summed E-state index contributed by atoms with van der Waals surface area (Å²) in [6.07, 6.45) is 9.51. The Morgan fingerprint density at radius 3 is 2.67 bits per heavy atom. The van der Waals surface area contributed by atoms with E-state index in [9.17, 15) is 0 Å². The fraction of sp³-hybridized carbons (Fsp3) is 0.500. The number of hydrogen-bond acceptors (Lipinski definition) is 1. The van der Waals surface area contributed by atoms with E-state index in [1.165, 1.54) is 41.6 Å². The fourth-order valence-corrected chi connectivity index (χ4v) is 9.13. The molecule has 18 heavy (non-hydrogen) atoms. The van der Waals surface area contributed by atoms with Crippen molar-refractivity contribution in [1.29, 1.82) is 0 Å². The molecule has 0 aliphatic carbocycles. The van der Waals surface area contributed by atoms with Crippen LogP contribution < -0.4 is 0 Å².